The van der Waals surface area contributed by atoms with Gasteiger partial charge in [0.05, 0.1) is 17.2 Å². The number of aromatic nitrogens is 4. The molecule has 5 nitrogen and oxygen atoms in total. The van der Waals surface area contributed by atoms with Crippen molar-refractivity contribution < 1.29 is 0 Å². The topological polar surface area (TPSA) is 72.5 Å². The van der Waals surface area contributed by atoms with Gasteiger partial charge in [0.15, 0.2) is 0 Å². The summed E-state index contributed by atoms with van der Waals surface area (Å²) in [7, 11) is 1.92. The molecule has 3 aromatic rings. The maximum Gasteiger partial charge on any atom is 0.108 e. The molecule has 2 aromatic heterocycles. The van der Waals surface area contributed by atoms with Gasteiger partial charge in [0.1, 0.15) is 5.82 Å². The van der Waals surface area contributed by atoms with Crippen molar-refractivity contribution in [2.75, 3.05) is 11.5 Å². The predicted octanol–water partition coefficient (Wildman–Crippen LogP) is 2.21. The average molecular weight is 273 g/mol. The molecule has 0 aliphatic carbocycles. The molecule has 6 heteroatoms. The number of H-pyrrole nitrogens is 1. The molecule has 0 aliphatic heterocycles. The van der Waals surface area contributed by atoms with Gasteiger partial charge in [-0.3, -0.25) is 4.68 Å². The fourth-order valence-electron chi connectivity index (χ4n) is 1.94. The zero-order chi connectivity index (χ0) is 13.2. The second kappa shape index (κ2) is 4.97. The fourth-order valence-corrected chi connectivity index (χ4v) is 2.82. The van der Waals surface area contributed by atoms with E-state index < -0.39 is 0 Å². The highest BCUT2D eigenvalue weighted by Crippen LogP contribution is 2.19. The third-order valence-corrected chi connectivity index (χ3v) is 3.80. The van der Waals surface area contributed by atoms with Gasteiger partial charge < -0.3 is 10.7 Å². The molecular weight excluding hydrogens is 258 g/mol. The van der Waals surface area contributed by atoms with Crippen LogP contribution in [0.15, 0.2) is 35.5 Å². The zero-order valence-corrected chi connectivity index (χ0v) is 11.4. The van der Waals surface area contributed by atoms with E-state index in [-0.39, 0.29) is 0 Å². The molecule has 1 aromatic carbocycles. The molecule has 0 unspecified atom stereocenters. The van der Waals surface area contributed by atoms with Gasteiger partial charge in [0.25, 0.3) is 0 Å². The molecule has 0 spiro atoms. The Labute approximate surface area is 115 Å². The number of rotatable bonds is 4. The normalized spacial score (nSPS) is 11.2. The number of aryl methyl sites for hydroxylation is 2. The van der Waals surface area contributed by atoms with E-state index in [2.05, 4.69) is 15.1 Å². The van der Waals surface area contributed by atoms with E-state index in [9.17, 15) is 0 Å². The van der Waals surface area contributed by atoms with E-state index >= 15 is 0 Å². The molecule has 0 saturated carbocycles. The monoisotopic (exact) mass is 273 g/mol. The minimum Gasteiger partial charge on any atom is -0.399 e. The first-order valence-electron chi connectivity index (χ1n) is 6.06. The molecule has 0 fully saturated rings. The molecule has 19 heavy (non-hydrogen) atoms. The second-order valence-electron chi connectivity index (χ2n) is 4.41. The first kappa shape index (κ1) is 12.1. The second-order valence-corrected chi connectivity index (χ2v) is 5.58. The van der Waals surface area contributed by atoms with Crippen LogP contribution >= 0.6 is 11.8 Å². The van der Waals surface area contributed by atoms with Gasteiger partial charge in [-0.15, -0.1) is 11.8 Å². The van der Waals surface area contributed by atoms with Crippen LogP contribution in [0.1, 0.15) is 5.82 Å². The number of nitrogens with one attached hydrogen (secondary N) is 1. The number of thioether (sulfide) groups is 1. The highest BCUT2D eigenvalue weighted by atomic mass is 32.2. The first-order valence-corrected chi connectivity index (χ1v) is 7.05. The smallest absolute Gasteiger partial charge is 0.108 e. The van der Waals surface area contributed by atoms with Crippen LogP contribution in [0.4, 0.5) is 5.69 Å². The Balaban J connectivity index is 1.65. The summed E-state index contributed by atoms with van der Waals surface area (Å²) < 4.78 is 1.81. The van der Waals surface area contributed by atoms with Gasteiger partial charge in [-0.25, -0.2) is 4.98 Å². The number of benzene rings is 1. The molecular formula is C13H15N5S. The molecule has 3 rings (SSSR count). The molecule has 0 bridgehead atoms. The third kappa shape index (κ3) is 2.73. The van der Waals surface area contributed by atoms with E-state index in [1.165, 1.54) is 4.90 Å². The van der Waals surface area contributed by atoms with E-state index in [1.807, 2.05) is 42.3 Å². The van der Waals surface area contributed by atoms with E-state index in [0.29, 0.717) is 0 Å². The number of nitrogens with zero attached hydrogens (tertiary/aromatic N) is 3. The van der Waals surface area contributed by atoms with Crippen molar-refractivity contribution >= 4 is 28.5 Å². The van der Waals surface area contributed by atoms with Crippen LogP contribution in [0.2, 0.25) is 0 Å². The predicted molar refractivity (Wildman–Crippen MR) is 78.1 cm³/mol. The quantitative estimate of drug-likeness (QED) is 0.564. The molecule has 2 heterocycles. The summed E-state index contributed by atoms with van der Waals surface area (Å²) in [5.74, 6) is 1.97. The van der Waals surface area contributed by atoms with Crippen molar-refractivity contribution in [3.63, 3.8) is 0 Å². The molecule has 0 radical (unpaired) electrons. The maximum absolute atomic E-state index is 5.75. The third-order valence-electron chi connectivity index (χ3n) is 2.84. The Bertz CT molecular complexity index is 700. The number of imidazole rings is 1. The lowest BCUT2D eigenvalue weighted by Crippen LogP contribution is -1.90. The van der Waals surface area contributed by atoms with Crippen LogP contribution in [0, 0.1) is 0 Å². The largest absolute Gasteiger partial charge is 0.399 e. The molecule has 0 saturated heterocycles. The summed E-state index contributed by atoms with van der Waals surface area (Å²) in [5, 5.41) is 4.15. The lowest BCUT2D eigenvalue weighted by atomic mass is 10.3. The van der Waals surface area contributed by atoms with Gasteiger partial charge in [-0.2, -0.15) is 5.10 Å². The highest BCUT2D eigenvalue weighted by Gasteiger charge is 2.04. The lowest BCUT2D eigenvalue weighted by molar-refractivity contribution is 0.766. The first-order chi connectivity index (χ1) is 9.20. The van der Waals surface area contributed by atoms with Gasteiger partial charge in [0.2, 0.25) is 0 Å². The van der Waals surface area contributed by atoms with Crippen LogP contribution in [0.25, 0.3) is 11.0 Å². The fraction of sp³-hybridized carbons (Fsp3) is 0.231. The SMILES string of the molecule is Cn1cc(SCCc2nc3ccc(N)cc3[nH]2)cn1. The Kier molecular flexibility index (Phi) is 3.16. The summed E-state index contributed by atoms with van der Waals surface area (Å²) in [4.78, 5) is 9.03. The molecule has 0 aliphatic rings. The van der Waals surface area contributed by atoms with E-state index in [1.54, 1.807) is 11.8 Å². The standard InChI is InChI=1S/C13H15N5S/c1-18-8-10(7-15-18)19-5-4-13-16-11-3-2-9(14)6-12(11)17-13/h2-3,6-8H,4-5,14H2,1H3,(H,16,17). The van der Waals surface area contributed by atoms with Crippen LogP contribution in [0.5, 0.6) is 0 Å². The molecule has 3 N–H and O–H groups in total. The van der Waals surface area contributed by atoms with Crippen LogP contribution in [-0.2, 0) is 13.5 Å². The van der Waals surface area contributed by atoms with Crippen molar-refractivity contribution in [3.05, 3.63) is 36.4 Å². The summed E-state index contributed by atoms with van der Waals surface area (Å²) in [6.45, 7) is 0. The minimum absolute atomic E-state index is 0.757. The van der Waals surface area contributed by atoms with E-state index in [0.717, 1.165) is 34.7 Å². The molecule has 98 valence electrons. The van der Waals surface area contributed by atoms with Crippen molar-refractivity contribution in [2.24, 2.45) is 7.05 Å². The number of nitrogen functional groups attached to an aromatic ring is 1. The molecule has 0 amide bonds. The summed E-state index contributed by atoms with van der Waals surface area (Å²) in [6, 6.07) is 5.73. The van der Waals surface area contributed by atoms with Crippen molar-refractivity contribution in [3.8, 4) is 0 Å². The summed E-state index contributed by atoms with van der Waals surface area (Å²) in [5.41, 5.74) is 8.48. The molecule has 0 atom stereocenters. The number of anilines is 1. The summed E-state index contributed by atoms with van der Waals surface area (Å²) >= 11 is 1.78. The average Bonchev–Trinajstić information content (AvgIpc) is 2.95. The van der Waals surface area contributed by atoms with Gasteiger partial charge in [0, 0.05) is 36.0 Å². The Morgan fingerprint density at radius 3 is 3.11 bits per heavy atom. The lowest BCUT2D eigenvalue weighted by Gasteiger charge is -1.95. The Morgan fingerprint density at radius 2 is 2.32 bits per heavy atom. The Hall–Kier alpha value is -1.95. The number of hydrogen-bond donors (Lipinski definition) is 2. The summed E-state index contributed by atoms with van der Waals surface area (Å²) in [6.07, 6.45) is 4.79. The van der Waals surface area contributed by atoms with Crippen molar-refractivity contribution in [2.45, 2.75) is 11.3 Å². The van der Waals surface area contributed by atoms with Crippen LogP contribution < -0.4 is 5.73 Å². The van der Waals surface area contributed by atoms with Gasteiger partial charge in [-0.05, 0) is 18.2 Å². The van der Waals surface area contributed by atoms with Crippen LogP contribution in [-0.4, -0.2) is 25.5 Å². The number of hydrogen-bond acceptors (Lipinski definition) is 4. The minimum atomic E-state index is 0.757. The number of fused-ring (bicyclic) bond motifs is 1. The van der Waals surface area contributed by atoms with E-state index in [4.69, 9.17) is 5.73 Å². The zero-order valence-electron chi connectivity index (χ0n) is 10.6. The van der Waals surface area contributed by atoms with Crippen molar-refractivity contribution in [1.82, 2.24) is 19.7 Å². The maximum atomic E-state index is 5.75. The number of nitrogens with two attached hydrogens (primary N) is 1. The van der Waals surface area contributed by atoms with Crippen LogP contribution in [0.3, 0.4) is 0 Å². The Morgan fingerprint density at radius 1 is 1.42 bits per heavy atom. The highest BCUT2D eigenvalue weighted by molar-refractivity contribution is 7.99. The number of aromatic amines is 1. The van der Waals surface area contributed by atoms with Crippen molar-refractivity contribution in [1.29, 1.82) is 0 Å². The van der Waals surface area contributed by atoms with Gasteiger partial charge >= 0.3 is 0 Å². The van der Waals surface area contributed by atoms with Gasteiger partial charge in [-0.1, -0.05) is 0 Å².